The van der Waals surface area contributed by atoms with Crippen LogP contribution in [0.3, 0.4) is 0 Å². The van der Waals surface area contributed by atoms with E-state index in [0.717, 1.165) is 50.3 Å². The van der Waals surface area contributed by atoms with Crippen molar-refractivity contribution in [1.82, 2.24) is 14.9 Å². The Hall–Kier alpha value is -0.570. The molecule has 2 N–H and O–H groups in total. The van der Waals surface area contributed by atoms with Crippen LogP contribution in [0.25, 0.3) is 0 Å². The van der Waals surface area contributed by atoms with Crippen molar-refractivity contribution in [3.63, 3.8) is 0 Å². The van der Waals surface area contributed by atoms with E-state index in [9.17, 15) is 8.42 Å². The second-order valence-electron chi connectivity index (χ2n) is 7.62. The fraction of sp³-hybridized carbons (Fsp3) is 0.684. The molecule has 0 unspecified atom stereocenters. The van der Waals surface area contributed by atoms with Gasteiger partial charge in [0.1, 0.15) is 5.75 Å². The van der Waals surface area contributed by atoms with Crippen LogP contribution in [0.1, 0.15) is 31.2 Å². The molecule has 0 atom stereocenters. The molecule has 0 aliphatic carbocycles. The molecule has 3 rings (SSSR count). The van der Waals surface area contributed by atoms with Gasteiger partial charge in [0, 0.05) is 18.0 Å². The van der Waals surface area contributed by atoms with Crippen molar-refractivity contribution >= 4 is 34.8 Å². The maximum absolute atomic E-state index is 11.7. The molecule has 2 aliphatic heterocycles. The van der Waals surface area contributed by atoms with Crippen LogP contribution in [-0.4, -0.2) is 65.4 Å². The van der Waals surface area contributed by atoms with E-state index in [1.54, 1.807) is 7.11 Å². The highest BCUT2D eigenvalue weighted by Gasteiger charge is 2.38. The summed E-state index contributed by atoms with van der Waals surface area (Å²) in [5.74, 6) is 0.821. The Bertz CT molecular complexity index is 704. The van der Waals surface area contributed by atoms with Crippen LogP contribution in [-0.2, 0) is 15.4 Å². The molecular formula is C19H33Cl2N3O3S. The molecule has 2 aliphatic rings. The number of sulfonamides is 1. The summed E-state index contributed by atoms with van der Waals surface area (Å²) in [7, 11) is -1.56. The Kier molecular flexibility index (Phi) is 10.00. The predicted octanol–water partition coefficient (Wildman–Crippen LogP) is 2.17. The quantitative estimate of drug-likeness (QED) is 0.690. The van der Waals surface area contributed by atoms with Gasteiger partial charge in [-0.25, -0.2) is 13.1 Å². The molecule has 0 saturated carbocycles. The van der Waals surface area contributed by atoms with Crippen LogP contribution in [0, 0.1) is 0 Å². The monoisotopic (exact) mass is 453 g/mol. The molecule has 2 fully saturated rings. The maximum atomic E-state index is 11.7. The van der Waals surface area contributed by atoms with Gasteiger partial charge < -0.3 is 15.0 Å². The van der Waals surface area contributed by atoms with Crippen LogP contribution >= 0.6 is 24.8 Å². The van der Waals surface area contributed by atoms with Crippen molar-refractivity contribution in [1.29, 1.82) is 0 Å². The number of hydrogen-bond donors (Lipinski definition) is 2. The molecule has 0 bridgehead atoms. The lowest BCUT2D eigenvalue weighted by molar-refractivity contribution is 0.0971. The summed E-state index contributed by atoms with van der Waals surface area (Å²) in [6.45, 7) is 4.65. The molecule has 2 saturated heterocycles. The topological polar surface area (TPSA) is 70.7 Å². The van der Waals surface area contributed by atoms with Crippen molar-refractivity contribution in [3.8, 4) is 5.75 Å². The van der Waals surface area contributed by atoms with Crippen molar-refractivity contribution in [2.75, 3.05) is 46.1 Å². The average Bonchev–Trinajstić information content (AvgIpc) is 2.67. The summed E-state index contributed by atoms with van der Waals surface area (Å²) in [5.41, 5.74) is 0.985. The molecule has 0 amide bonds. The Morgan fingerprint density at radius 1 is 1.21 bits per heavy atom. The lowest BCUT2D eigenvalue weighted by Gasteiger charge is -2.45. The van der Waals surface area contributed by atoms with Crippen LogP contribution in [0.4, 0.5) is 0 Å². The van der Waals surface area contributed by atoms with Gasteiger partial charge in [0.15, 0.2) is 0 Å². The van der Waals surface area contributed by atoms with E-state index in [4.69, 9.17) is 4.74 Å². The van der Waals surface area contributed by atoms with Crippen molar-refractivity contribution in [2.45, 2.75) is 37.1 Å². The first-order valence-corrected chi connectivity index (χ1v) is 11.3. The van der Waals surface area contributed by atoms with Gasteiger partial charge in [-0.15, -0.1) is 24.8 Å². The van der Waals surface area contributed by atoms with Gasteiger partial charge in [-0.05, 0) is 69.6 Å². The van der Waals surface area contributed by atoms with Gasteiger partial charge in [-0.3, -0.25) is 0 Å². The fourth-order valence-electron chi connectivity index (χ4n) is 4.28. The van der Waals surface area contributed by atoms with E-state index in [1.807, 2.05) is 12.1 Å². The van der Waals surface area contributed by atoms with E-state index in [0.29, 0.717) is 12.6 Å². The summed E-state index contributed by atoms with van der Waals surface area (Å²) in [6, 6.07) is 8.75. The zero-order valence-electron chi connectivity index (χ0n) is 16.6. The average molecular weight is 454 g/mol. The van der Waals surface area contributed by atoms with Crippen LogP contribution in [0.15, 0.2) is 24.3 Å². The Morgan fingerprint density at radius 2 is 1.86 bits per heavy atom. The van der Waals surface area contributed by atoms with Gasteiger partial charge in [0.25, 0.3) is 0 Å². The first-order chi connectivity index (χ1) is 12.4. The summed E-state index contributed by atoms with van der Waals surface area (Å²) in [4.78, 5) is 2.60. The molecule has 162 valence electrons. The van der Waals surface area contributed by atoms with Crippen molar-refractivity contribution in [3.05, 3.63) is 29.8 Å². The number of halogens is 2. The normalized spacial score (nSPS) is 20.6. The van der Waals surface area contributed by atoms with E-state index in [1.165, 1.54) is 19.1 Å². The number of likely N-dealkylation sites (tertiary alicyclic amines) is 1. The Balaban J connectivity index is 0.00000196. The Labute approximate surface area is 181 Å². The predicted molar refractivity (Wildman–Crippen MR) is 119 cm³/mol. The third-order valence-electron chi connectivity index (χ3n) is 5.94. The largest absolute Gasteiger partial charge is 0.497 e. The third kappa shape index (κ3) is 6.47. The minimum Gasteiger partial charge on any atom is -0.497 e. The second kappa shape index (κ2) is 11.0. The highest BCUT2D eigenvalue weighted by Crippen LogP contribution is 2.37. The highest BCUT2D eigenvalue weighted by atomic mass is 35.5. The van der Waals surface area contributed by atoms with Gasteiger partial charge in [-0.1, -0.05) is 12.1 Å². The van der Waals surface area contributed by atoms with Crippen molar-refractivity contribution < 1.29 is 13.2 Å². The summed E-state index contributed by atoms with van der Waals surface area (Å²) in [6.07, 6.45) is 5.54. The molecule has 28 heavy (non-hydrogen) atoms. The summed E-state index contributed by atoms with van der Waals surface area (Å²) < 4.78 is 31.6. The number of methoxy groups -OCH3 is 1. The highest BCUT2D eigenvalue weighted by molar-refractivity contribution is 7.88. The molecular weight excluding hydrogens is 421 g/mol. The Morgan fingerprint density at radius 3 is 2.43 bits per heavy atom. The fourth-order valence-corrected chi connectivity index (χ4v) is 4.82. The first kappa shape index (κ1) is 25.5. The van der Waals surface area contributed by atoms with E-state index >= 15 is 0 Å². The standard InChI is InChI=1S/C19H31N3O3S.2ClH/c1-25-18-5-3-4-16(14-18)19(15-21-26(2,23)24)8-12-22(13-9-19)17-6-10-20-11-7-17;;/h3-5,14,17,20-21H,6-13,15H2,1-2H3;2*1H. The zero-order chi connectivity index (χ0) is 18.6. The lowest BCUT2D eigenvalue weighted by Crippen LogP contribution is -2.53. The molecule has 1 aromatic rings. The number of rotatable bonds is 6. The molecule has 0 aromatic heterocycles. The van der Waals surface area contributed by atoms with Crippen LogP contribution < -0.4 is 14.8 Å². The minimum atomic E-state index is -3.22. The second-order valence-corrected chi connectivity index (χ2v) is 9.46. The number of hydrogen-bond acceptors (Lipinski definition) is 5. The first-order valence-electron chi connectivity index (χ1n) is 9.46. The number of ether oxygens (including phenoxy) is 1. The maximum Gasteiger partial charge on any atom is 0.208 e. The zero-order valence-corrected chi connectivity index (χ0v) is 19.1. The van der Waals surface area contributed by atoms with Crippen molar-refractivity contribution in [2.24, 2.45) is 0 Å². The number of nitrogens with one attached hydrogen (secondary N) is 2. The van der Waals surface area contributed by atoms with Gasteiger partial charge in [0.2, 0.25) is 10.0 Å². The van der Waals surface area contributed by atoms with E-state index in [-0.39, 0.29) is 30.2 Å². The van der Waals surface area contributed by atoms with Crippen LogP contribution in [0.5, 0.6) is 5.75 Å². The van der Waals surface area contributed by atoms with Gasteiger partial charge >= 0.3 is 0 Å². The van der Waals surface area contributed by atoms with Gasteiger partial charge in [-0.2, -0.15) is 0 Å². The van der Waals surface area contributed by atoms with Crippen LogP contribution in [0.2, 0.25) is 0 Å². The lowest BCUT2D eigenvalue weighted by atomic mass is 9.72. The minimum absolute atomic E-state index is 0. The summed E-state index contributed by atoms with van der Waals surface area (Å²) >= 11 is 0. The number of benzene rings is 1. The van der Waals surface area contributed by atoms with Gasteiger partial charge in [0.05, 0.1) is 13.4 Å². The number of nitrogens with zero attached hydrogens (tertiary/aromatic N) is 1. The molecule has 9 heteroatoms. The third-order valence-corrected chi connectivity index (χ3v) is 6.60. The molecule has 2 heterocycles. The number of piperidine rings is 2. The molecule has 0 radical (unpaired) electrons. The SMILES string of the molecule is COc1cccc(C2(CNS(C)(=O)=O)CCN(C3CCNCC3)CC2)c1.Cl.Cl. The van der Waals surface area contributed by atoms with E-state index in [2.05, 4.69) is 27.1 Å². The van der Waals surface area contributed by atoms with E-state index < -0.39 is 10.0 Å². The molecule has 6 nitrogen and oxygen atoms in total. The molecule has 0 spiro atoms. The summed E-state index contributed by atoms with van der Waals surface area (Å²) in [5, 5.41) is 3.43. The molecule has 1 aromatic carbocycles. The smallest absolute Gasteiger partial charge is 0.208 e.